The minimum Gasteiger partial charge on any atom is -0.480 e. The highest BCUT2D eigenvalue weighted by atomic mass is 16.4. The van der Waals surface area contributed by atoms with E-state index in [9.17, 15) is 9.90 Å². The van der Waals surface area contributed by atoms with Crippen LogP contribution in [0.25, 0.3) is 10.9 Å². The zero-order chi connectivity index (χ0) is 16.6. The Balaban J connectivity index is 2.35. The van der Waals surface area contributed by atoms with Gasteiger partial charge in [-0.05, 0) is 43.2 Å². The first kappa shape index (κ1) is 15.8. The van der Waals surface area contributed by atoms with Crippen LogP contribution in [0.15, 0.2) is 30.9 Å². The van der Waals surface area contributed by atoms with Gasteiger partial charge < -0.3 is 15.4 Å². The Morgan fingerprint density at radius 2 is 2.35 bits per heavy atom. The minimum atomic E-state index is -0.768. The average Bonchev–Trinajstić information content (AvgIpc) is 2.83. The summed E-state index contributed by atoms with van der Waals surface area (Å²) in [4.78, 5) is 11.8. The lowest BCUT2D eigenvalue weighted by atomic mass is 9.91. The summed E-state index contributed by atoms with van der Waals surface area (Å²) in [6, 6.07) is 5.86. The number of aromatic nitrogens is 1. The standard InChI is InChI=1S/C19H24N2O2/c1-3-6-12-7-5-8-14-15-11-13(20)9-10-17(15)21(18(12)14)16(4-2)19(22)23/h3,5,7-8,13,16H,1,4,6,9-11,20H2,2H3,(H,22,23). The molecule has 1 aromatic heterocycles. The highest BCUT2D eigenvalue weighted by molar-refractivity contribution is 5.90. The molecule has 1 aliphatic carbocycles. The maximum Gasteiger partial charge on any atom is 0.326 e. The summed E-state index contributed by atoms with van der Waals surface area (Å²) in [7, 11) is 0. The predicted molar refractivity (Wildman–Crippen MR) is 92.8 cm³/mol. The lowest BCUT2D eigenvalue weighted by Crippen LogP contribution is -2.29. The van der Waals surface area contributed by atoms with Crippen LogP contribution in [0.2, 0.25) is 0 Å². The van der Waals surface area contributed by atoms with Crippen molar-refractivity contribution in [2.45, 2.75) is 51.1 Å². The summed E-state index contributed by atoms with van der Waals surface area (Å²) >= 11 is 0. The first-order valence-corrected chi connectivity index (χ1v) is 8.31. The van der Waals surface area contributed by atoms with Gasteiger partial charge >= 0.3 is 5.97 Å². The molecule has 0 spiro atoms. The van der Waals surface area contributed by atoms with Crippen LogP contribution in [-0.2, 0) is 24.1 Å². The summed E-state index contributed by atoms with van der Waals surface area (Å²) in [5.74, 6) is -0.768. The van der Waals surface area contributed by atoms with Gasteiger partial charge in [0.1, 0.15) is 6.04 Å². The predicted octanol–water partition coefficient (Wildman–Crippen LogP) is 3.22. The smallest absolute Gasteiger partial charge is 0.326 e. The van der Waals surface area contributed by atoms with Gasteiger partial charge in [0, 0.05) is 17.1 Å². The Labute approximate surface area is 136 Å². The van der Waals surface area contributed by atoms with Crippen molar-refractivity contribution in [3.63, 3.8) is 0 Å². The van der Waals surface area contributed by atoms with Gasteiger partial charge in [-0.15, -0.1) is 6.58 Å². The maximum absolute atomic E-state index is 11.8. The molecule has 0 fully saturated rings. The second-order valence-electron chi connectivity index (χ2n) is 6.37. The van der Waals surface area contributed by atoms with Gasteiger partial charge in [0.05, 0.1) is 5.52 Å². The Kier molecular flexibility index (Phi) is 4.26. The Hall–Kier alpha value is -2.07. The number of nitrogens with two attached hydrogens (primary N) is 1. The molecule has 0 saturated carbocycles. The van der Waals surface area contributed by atoms with Crippen molar-refractivity contribution in [2.75, 3.05) is 0 Å². The molecule has 0 saturated heterocycles. The van der Waals surface area contributed by atoms with Crippen LogP contribution < -0.4 is 5.73 Å². The summed E-state index contributed by atoms with van der Waals surface area (Å²) in [6.45, 7) is 5.77. The molecule has 2 unspecified atom stereocenters. The van der Waals surface area contributed by atoms with E-state index in [4.69, 9.17) is 5.73 Å². The number of hydrogen-bond acceptors (Lipinski definition) is 2. The molecule has 4 heteroatoms. The van der Waals surface area contributed by atoms with Crippen molar-refractivity contribution in [3.8, 4) is 0 Å². The van der Waals surface area contributed by atoms with Crippen LogP contribution in [0.3, 0.4) is 0 Å². The maximum atomic E-state index is 11.8. The van der Waals surface area contributed by atoms with Gasteiger partial charge in [-0.25, -0.2) is 4.79 Å². The van der Waals surface area contributed by atoms with E-state index in [1.165, 1.54) is 5.56 Å². The molecule has 3 rings (SSSR count). The second kappa shape index (κ2) is 6.20. The lowest BCUT2D eigenvalue weighted by molar-refractivity contribution is -0.140. The third-order valence-corrected chi connectivity index (χ3v) is 4.89. The third-order valence-electron chi connectivity index (χ3n) is 4.89. The minimum absolute atomic E-state index is 0.162. The van der Waals surface area contributed by atoms with Crippen LogP contribution in [0.1, 0.15) is 42.6 Å². The molecule has 4 nitrogen and oxygen atoms in total. The molecular formula is C19H24N2O2. The molecule has 0 aliphatic heterocycles. The normalized spacial score (nSPS) is 18.6. The Bertz CT molecular complexity index is 760. The largest absolute Gasteiger partial charge is 0.480 e. The number of rotatable bonds is 5. The van der Waals surface area contributed by atoms with Crippen molar-refractivity contribution in [1.29, 1.82) is 0 Å². The topological polar surface area (TPSA) is 68.2 Å². The number of allylic oxidation sites excluding steroid dienone is 1. The van der Waals surface area contributed by atoms with E-state index in [0.29, 0.717) is 6.42 Å². The first-order chi connectivity index (χ1) is 11.1. The molecule has 23 heavy (non-hydrogen) atoms. The van der Waals surface area contributed by atoms with E-state index in [1.54, 1.807) is 0 Å². The fraction of sp³-hybridized carbons (Fsp3) is 0.421. The van der Waals surface area contributed by atoms with E-state index in [1.807, 2.05) is 19.1 Å². The van der Waals surface area contributed by atoms with Crippen LogP contribution in [0, 0.1) is 0 Å². The zero-order valence-electron chi connectivity index (χ0n) is 13.6. The quantitative estimate of drug-likeness (QED) is 0.833. The van der Waals surface area contributed by atoms with Gasteiger partial charge in [0.15, 0.2) is 0 Å². The van der Waals surface area contributed by atoms with E-state index >= 15 is 0 Å². The number of fused-ring (bicyclic) bond motifs is 3. The third kappa shape index (κ3) is 2.57. The zero-order valence-corrected chi connectivity index (χ0v) is 13.6. The monoisotopic (exact) mass is 312 g/mol. The van der Waals surface area contributed by atoms with Gasteiger partial charge in [0.2, 0.25) is 0 Å². The van der Waals surface area contributed by atoms with Crippen LogP contribution in [-0.4, -0.2) is 21.7 Å². The fourth-order valence-electron chi connectivity index (χ4n) is 3.87. The number of aliphatic carboxylic acids is 1. The molecular weight excluding hydrogens is 288 g/mol. The van der Waals surface area contributed by atoms with Crippen LogP contribution in [0.5, 0.6) is 0 Å². The first-order valence-electron chi connectivity index (χ1n) is 8.31. The van der Waals surface area contributed by atoms with Crippen molar-refractivity contribution in [3.05, 3.63) is 47.7 Å². The Morgan fingerprint density at radius 1 is 1.57 bits per heavy atom. The highest BCUT2D eigenvalue weighted by Gasteiger charge is 2.30. The molecule has 1 aromatic carbocycles. The van der Waals surface area contributed by atoms with Gasteiger partial charge in [-0.2, -0.15) is 0 Å². The summed E-state index contributed by atoms with van der Waals surface area (Å²) in [6.07, 6.45) is 5.77. The summed E-state index contributed by atoms with van der Waals surface area (Å²) in [5, 5.41) is 10.9. The number of carbonyl (C=O) groups is 1. The number of carboxylic acid groups (broad SMARTS) is 1. The van der Waals surface area contributed by atoms with Gasteiger partial charge in [0.25, 0.3) is 0 Å². The second-order valence-corrected chi connectivity index (χ2v) is 6.37. The van der Waals surface area contributed by atoms with Crippen molar-refractivity contribution in [1.82, 2.24) is 4.57 Å². The Morgan fingerprint density at radius 3 is 3.00 bits per heavy atom. The van der Waals surface area contributed by atoms with Crippen molar-refractivity contribution in [2.24, 2.45) is 5.73 Å². The lowest BCUT2D eigenvalue weighted by Gasteiger charge is -2.23. The number of para-hydroxylation sites is 1. The van der Waals surface area contributed by atoms with Crippen LogP contribution in [0.4, 0.5) is 0 Å². The molecule has 1 aliphatic rings. The molecule has 122 valence electrons. The summed E-state index contributed by atoms with van der Waals surface area (Å²) in [5.41, 5.74) is 10.8. The highest BCUT2D eigenvalue weighted by Crippen LogP contribution is 2.37. The molecule has 1 heterocycles. The van der Waals surface area contributed by atoms with Gasteiger partial charge in [-0.3, -0.25) is 0 Å². The SMILES string of the molecule is C=CCc1cccc2c3c(n(C(CC)C(=O)O)c12)CCC(N)C3. The van der Waals surface area contributed by atoms with Gasteiger partial charge in [-0.1, -0.05) is 31.2 Å². The number of carboxylic acids is 1. The molecule has 2 atom stereocenters. The van der Waals surface area contributed by atoms with Crippen molar-refractivity contribution >= 4 is 16.9 Å². The molecule has 0 bridgehead atoms. The fourth-order valence-corrected chi connectivity index (χ4v) is 3.87. The van der Waals surface area contributed by atoms with Crippen molar-refractivity contribution < 1.29 is 9.90 Å². The molecule has 2 aromatic rings. The molecule has 0 amide bonds. The van der Waals surface area contributed by atoms with E-state index < -0.39 is 12.0 Å². The number of hydrogen-bond donors (Lipinski definition) is 2. The van der Waals surface area contributed by atoms with E-state index in [2.05, 4.69) is 23.3 Å². The van der Waals surface area contributed by atoms with Crippen LogP contribution >= 0.6 is 0 Å². The van der Waals surface area contributed by atoms with E-state index in [0.717, 1.165) is 47.8 Å². The average molecular weight is 312 g/mol. The summed E-state index contributed by atoms with van der Waals surface area (Å²) < 4.78 is 2.07. The van der Waals surface area contributed by atoms with E-state index in [-0.39, 0.29) is 6.04 Å². The molecule has 3 N–H and O–H groups in total. The molecule has 0 radical (unpaired) electrons. The number of nitrogens with zero attached hydrogens (tertiary/aromatic N) is 1. The number of benzene rings is 1.